The van der Waals surface area contributed by atoms with E-state index >= 15 is 0 Å². The molecule has 0 amide bonds. The number of hydrogen-bond donors (Lipinski definition) is 1. The van der Waals surface area contributed by atoms with Gasteiger partial charge >= 0.3 is 6.18 Å². The minimum Gasteiger partial charge on any atom is -0.378 e. The first-order valence-corrected chi connectivity index (χ1v) is 6.64. The number of ether oxygens (including phenoxy) is 1. The third-order valence-electron chi connectivity index (χ3n) is 2.95. The molecular formula is C12H11F3N2OS. The van der Waals surface area contributed by atoms with Crippen molar-refractivity contribution in [2.75, 3.05) is 19.8 Å². The van der Waals surface area contributed by atoms with Crippen molar-refractivity contribution in [2.24, 2.45) is 0 Å². The van der Waals surface area contributed by atoms with Crippen molar-refractivity contribution in [1.29, 1.82) is 0 Å². The van der Waals surface area contributed by atoms with E-state index in [2.05, 4.69) is 10.3 Å². The second-order valence-electron chi connectivity index (χ2n) is 4.31. The molecule has 2 aromatic rings. The van der Waals surface area contributed by atoms with Gasteiger partial charge in [-0.05, 0) is 18.2 Å². The van der Waals surface area contributed by atoms with Crippen molar-refractivity contribution < 1.29 is 17.9 Å². The van der Waals surface area contributed by atoms with Crippen LogP contribution in [0.1, 0.15) is 16.6 Å². The summed E-state index contributed by atoms with van der Waals surface area (Å²) in [6.45, 7) is 1.89. The van der Waals surface area contributed by atoms with Crippen LogP contribution in [0.4, 0.5) is 13.2 Å². The SMILES string of the molecule is FC(F)(F)c1ccc2sc(C3COCCN3)nc2c1. The molecule has 19 heavy (non-hydrogen) atoms. The molecule has 7 heteroatoms. The van der Waals surface area contributed by atoms with Gasteiger partial charge in [0, 0.05) is 6.54 Å². The number of benzene rings is 1. The number of halogens is 3. The monoisotopic (exact) mass is 288 g/mol. The highest BCUT2D eigenvalue weighted by atomic mass is 32.1. The maximum absolute atomic E-state index is 12.6. The molecule has 102 valence electrons. The van der Waals surface area contributed by atoms with Crippen molar-refractivity contribution in [3.63, 3.8) is 0 Å². The lowest BCUT2D eigenvalue weighted by atomic mass is 10.2. The second-order valence-corrected chi connectivity index (χ2v) is 5.38. The normalized spacial score (nSPS) is 20.9. The van der Waals surface area contributed by atoms with Gasteiger partial charge in [-0.3, -0.25) is 0 Å². The largest absolute Gasteiger partial charge is 0.416 e. The average Bonchev–Trinajstić information content (AvgIpc) is 2.81. The highest BCUT2D eigenvalue weighted by molar-refractivity contribution is 7.18. The van der Waals surface area contributed by atoms with Gasteiger partial charge in [0.1, 0.15) is 5.01 Å². The molecule has 1 N–H and O–H groups in total. The summed E-state index contributed by atoms with van der Waals surface area (Å²) in [5.41, 5.74) is -0.271. The van der Waals surface area contributed by atoms with E-state index in [0.29, 0.717) is 18.7 Å². The van der Waals surface area contributed by atoms with Crippen LogP contribution in [0.5, 0.6) is 0 Å². The molecule has 0 aliphatic carbocycles. The lowest BCUT2D eigenvalue weighted by Crippen LogP contribution is -2.34. The fourth-order valence-corrected chi connectivity index (χ4v) is 3.00. The van der Waals surface area contributed by atoms with Gasteiger partial charge < -0.3 is 10.1 Å². The van der Waals surface area contributed by atoms with Crippen molar-refractivity contribution in [2.45, 2.75) is 12.2 Å². The first-order chi connectivity index (χ1) is 9.04. The second kappa shape index (κ2) is 4.73. The summed E-state index contributed by atoms with van der Waals surface area (Å²) < 4.78 is 44.0. The molecule has 1 aromatic heterocycles. The van der Waals surface area contributed by atoms with Gasteiger partial charge in [0.05, 0.1) is 35.0 Å². The number of rotatable bonds is 1. The van der Waals surface area contributed by atoms with Gasteiger partial charge in [0.25, 0.3) is 0 Å². The third kappa shape index (κ3) is 2.58. The van der Waals surface area contributed by atoms with Crippen LogP contribution in [0.3, 0.4) is 0 Å². The lowest BCUT2D eigenvalue weighted by Gasteiger charge is -2.21. The molecule has 3 nitrogen and oxygen atoms in total. The number of morpholine rings is 1. The van der Waals surface area contributed by atoms with Crippen LogP contribution in [0.15, 0.2) is 18.2 Å². The zero-order chi connectivity index (χ0) is 13.5. The van der Waals surface area contributed by atoms with Gasteiger partial charge in [-0.1, -0.05) is 0 Å². The Morgan fingerprint density at radius 3 is 2.89 bits per heavy atom. The number of hydrogen-bond acceptors (Lipinski definition) is 4. The summed E-state index contributed by atoms with van der Waals surface area (Å²) in [4.78, 5) is 4.29. The molecule has 2 heterocycles. The summed E-state index contributed by atoms with van der Waals surface area (Å²) in [5.74, 6) is 0. The fourth-order valence-electron chi connectivity index (χ4n) is 1.99. The van der Waals surface area contributed by atoms with Crippen LogP contribution in [0.2, 0.25) is 0 Å². The summed E-state index contributed by atoms with van der Waals surface area (Å²) in [6.07, 6.45) is -4.33. The average molecular weight is 288 g/mol. The molecule has 0 bridgehead atoms. The predicted molar refractivity (Wildman–Crippen MR) is 66.2 cm³/mol. The predicted octanol–water partition coefficient (Wildman–Crippen LogP) is 2.98. The molecule has 1 fully saturated rings. The number of nitrogens with one attached hydrogen (secondary N) is 1. The van der Waals surface area contributed by atoms with Crippen LogP contribution >= 0.6 is 11.3 Å². The smallest absolute Gasteiger partial charge is 0.378 e. The fraction of sp³-hybridized carbons (Fsp3) is 0.417. The molecule has 1 atom stereocenters. The summed E-state index contributed by atoms with van der Waals surface area (Å²) in [5, 5.41) is 4.01. The van der Waals surface area contributed by atoms with Gasteiger partial charge in [0.15, 0.2) is 0 Å². The molecule has 0 saturated carbocycles. The highest BCUT2D eigenvalue weighted by Gasteiger charge is 2.31. The van der Waals surface area contributed by atoms with E-state index in [1.807, 2.05) is 0 Å². The number of nitrogens with zero attached hydrogens (tertiary/aromatic N) is 1. The van der Waals surface area contributed by atoms with E-state index in [-0.39, 0.29) is 6.04 Å². The van der Waals surface area contributed by atoms with Crippen LogP contribution in [0.25, 0.3) is 10.2 Å². The van der Waals surface area contributed by atoms with Crippen LogP contribution in [-0.4, -0.2) is 24.7 Å². The Labute approximate surface area is 111 Å². The third-order valence-corrected chi connectivity index (χ3v) is 4.10. The molecule has 1 aliphatic rings. The zero-order valence-corrected chi connectivity index (χ0v) is 10.6. The minimum absolute atomic E-state index is 0.0273. The molecular weight excluding hydrogens is 277 g/mol. The Balaban J connectivity index is 1.96. The van der Waals surface area contributed by atoms with Gasteiger partial charge in [0.2, 0.25) is 0 Å². The minimum atomic E-state index is -4.33. The molecule has 1 aromatic carbocycles. The van der Waals surface area contributed by atoms with Gasteiger partial charge in [-0.2, -0.15) is 13.2 Å². The molecule has 3 rings (SSSR count). The molecule has 1 unspecified atom stereocenters. The Kier molecular flexibility index (Phi) is 3.20. The van der Waals surface area contributed by atoms with Crippen molar-refractivity contribution in [3.8, 4) is 0 Å². The van der Waals surface area contributed by atoms with Crippen LogP contribution < -0.4 is 5.32 Å². The molecule has 1 aliphatic heterocycles. The van der Waals surface area contributed by atoms with E-state index in [0.717, 1.165) is 28.4 Å². The molecule has 1 saturated heterocycles. The van der Waals surface area contributed by atoms with Gasteiger partial charge in [-0.25, -0.2) is 4.98 Å². The van der Waals surface area contributed by atoms with Crippen molar-refractivity contribution >= 4 is 21.6 Å². The van der Waals surface area contributed by atoms with Crippen molar-refractivity contribution in [3.05, 3.63) is 28.8 Å². The van der Waals surface area contributed by atoms with E-state index < -0.39 is 11.7 Å². The first kappa shape index (κ1) is 12.8. The van der Waals surface area contributed by atoms with E-state index in [1.165, 1.54) is 17.4 Å². The zero-order valence-electron chi connectivity index (χ0n) is 9.83. The Morgan fingerprint density at radius 2 is 2.21 bits per heavy atom. The van der Waals surface area contributed by atoms with Crippen LogP contribution in [-0.2, 0) is 10.9 Å². The Morgan fingerprint density at radius 1 is 1.37 bits per heavy atom. The number of thiazole rings is 1. The van der Waals surface area contributed by atoms with Crippen molar-refractivity contribution in [1.82, 2.24) is 10.3 Å². The topological polar surface area (TPSA) is 34.1 Å². The summed E-state index contributed by atoms with van der Waals surface area (Å²) in [7, 11) is 0. The Hall–Kier alpha value is -1.18. The van der Waals surface area contributed by atoms with E-state index in [1.54, 1.807) is 0 Å². The standard InChI is InChI=1S/C12H11F3N2OS/c13-12(14,15)7-1-2-10-8(5-7)17-11(19-10)9-6-18-4-3-16-9/h1-2,5,9,16H,3-4,6H2. The number of aromatic nitrogens is 1. The maximum atomic E-state index is 12.6. The summed E-state index contributed by atoms with van der Waals surface area (Å²) in [6, 6.07) is 3.64. The first-order valence-electron chi connectivity index (χ1n) is 5.83. The van der Waals surface area contributed by atoms with E-state index in [9.17, 15) is 13.2 Å². The molecule has 0 radical (unpaired) electrons. The number of alkyl halides is 3. The number of fused-ring (bicyclic) bond motifs is 1. The lowest BCUT2D eigenvalue weighted by molar-refractivity contribution is -0.137. The van der Waals surface area contributed by atoms with Crippen LogP contribution in [0, 0.1) is 0 Å². The molecule has 0 spiro atoms. The van der Waals surface area contributed by atoms with E-state index in [4.69, 9.17) is 4.74 Å². The quantitative estimate of drug-likeness (QED) is 0.876. The van der Waals surface area contributed by atoms with Gasteiger partial charge in [-0.15, -0.1) is 11.3 Å². The maximum Gasteiger partial charge on any atom is 0.416 e. The Bertz CT molecular complexity index is 590. The summed E-state index contributed by atoms with van der Waals surface area (Å²) >= 11 is 1.40. The highest BCUT2D eigenvalue weighted by Crippen LogP contribution is 2.34.